The number of carbonyl (C=O) groups excluding carboxylic acids is 4. The van der Waals surface area contributed by atoms with Crippen molar-refractivity contribution >= 4 is 43.6 Å². The molecule has 0 spiro atoms. The molecule has 5 amide bonds. The largest absolute Gasteiger partial charge is 0.339 e. The lowest BCUT2D eigenvalue weighted by Gasteiger charge is -2.41. The van der Waals surface area contributed by atoms with E-state index in [1.54, 1.807) is 47.6 Å². The molecule has 53 heavy (non-hydrogen) atoms. The highest BCUT2D eigenvalue weighted by Crippen LogP contribution is 2.65. The summed E-state index contributed by atoms with van der Waals surface area (Å²) in [6.07, 6.45) is 5.06. The molecule has 1 saturated heterocycles. The minimum atomic E-state index is -4.24. The van der Waals surface area contributed by atoms with E-state index >= 15 is 0 Å². The van der Waals surface area contributed by atoms with Crippen molar-refractivity contribution in [1.29, 1.82) is 0 Å². The molecule has 294 valence electrons. The highest BCUT2D eigenvalue weighted by Gasteiger charge is 2.71. The van der Waals surface area contributed by atoms with Crippen LogP contribution in [0.5, 0.6) is 0 Å². The van der Waals surface area contributed by atoms with Crippen molar-refractivity contribution in [3.8, 4) is 0 Å². The second-order valence-electron chi connectivity index (χ2n) is 18.3. The van der Waals surface area contributed by atoms with Gasteiger partial charge < -0.3 is 20.9 Å². The van der Waals surface area contributed by atoms with Crippen LogP contribution in [-0.2, 0) is 34.2 Å². The minimum Gasteiger partial charge on any atom is -0.339 e. The highest BCUT2D eigenvalue weighted by atomic mass is 32.2. The Morgan fingerprint density at radius 3 is 2.08 bits per heavy atom. The van der Waals surface area contributed by atoms with Gasteiger partial charge in [-0.1, -0.05) is 78.2 Å². The predicted molar refractivity (Wildman–Crippen MR) is 201 cm³/mol. The number of hydrogen-bond donors (Lipinski definition) is 4. The maximum absolute atomic E-state index is 14.6. The Labute approximate surface area is 314 Å². The van der Waals surface area contributed by atoms with E-state index in [0.717, 1.165) is 19.3 Å². The standard InChI is InChI=1S/C38H57N5O8S2/c1-10-24-21-38(24,32(46)42-53(50,51)25-17-13-11-14-18-25)40-30(44)28-27-26(36(27,8)9)22-43(28)31(45)29(34(2,3)4)39-33(47)41-37(19-15-12-16-20-37)23-52(48,49)35(5,6)7/h10-11,13-14,17-18,24,26-29H,1,12,15-16,19-23H2,2-9H3,(H,40,44)(H,42,46)(H2,39,41,47)/t24?,26?,27-,28-,29?,38+/m0/s1. The number of likely N-dealkylation sites (tertiary alicyclic amines) is 1. The van der Waals surface area contributed by atoms with Gasteiger partial charge in [-0.15, -0.1) is 6.58 Å². The first-order valence-electron chi connectivity index (χ1n) is 18.5. The molecule has 1 aliphatic heterocycles. The number of amides is 5. The summed E-state index contributed by atoms with van der Waals surface area (Å²) < 4.78 is 53.9. The zero-order valence-corrected chi connectivity index (χ0v) is 33.9. The summed E-state index contributed by atoms with van der Waals surface area (Å²) in [6, 6.07) is 4.71. The van der Waals surface area contributed by atoms with Gasteiger partial charge in [0, 0.05) is 12.5 Å². The van der Waals surface area contributed by atoms with Gasteiger partial charge >= 0.3 is 6.03 Å². The van der Waals surface area contributed by atoms with Gasteiger partial charge in [0.15, 0.2) is 9.84 Å². The predicted octanol–water partition coefficient (Wildman–Crippen LogP) is 3.67. The Morgan fingerprint density at radius 2 is 1.55 bits per heavy atom. The van der Waals surface area contributed by atoms with E-state index in [1.807, 2.05) is 13.8 Å². The van der Waals surface area contributed by atoms with Gasteiger partial charge in [-0.25, -0.2) is 26.4 Å². The molecule has 13 nitrogen and oxygen atoms in total. The average molecular weight is 776 g/mol. The quantitative estimate of drug-likeness (QED) is 0.245. The summed E-state index contributed by atoms with van der Waals surface area (Å²) in [5.74, 6) is -2.95. The summed E-state index contributed by atoms with van der Waals surface area (Å²) in [7, 11) is -7.83. The van der Waals surface area contributed by atoms with Crippen molar-refractivity contribution < 1.29 is 36.0 Å². The summed E-state index contributed by atoms with van der Waals surface area (Å²) >= 11 is 0. The first-order valence-corrected chi connectivity index (χ1v) is 21.6. The number of nitrogens with one attached hydrogen (secondary N) is 4. The summed E-state index contributed by atoms with van der Waals surface area (Å²) in [4.78, 5) is 57.7. The number of fused-ring (bicyclic) bond motifs is 1. The molecule has 6 atom stereocenters. The van der Waals surface area contributed by atoms with E-state index in [-0.39, 0.29) is 40.9 Å². The highest BCUT2D eigenvalue weighted by molar-refractivity contribution is 7.92. The van der Waals surface area contributed by atoms with Gasteiger partial charge in [-0.05, 0) is 74.8 Å². The van der Waals surface area contributed by atoms with Gasteiger partial charge in [-0.3, -0.25) is 14.4 Å². The Balaban J connectivity index is 1.37. The smallest absolute Gasteiger partial charge is 0.315 e. The number of sulfonamides is 1. The van der Waals surface area contributed by atoms with Crippen molar-refractivity contribution in [2.24, 2.45) is 28.6 Å². The molecule has 0 aromatic heterocycles. The first kappa shape index (κ1) is 40.7. The Kier molecular flexibility index (Phi) is 10.5. The topological polar surface area (TPSA) is 188 Å². The zero-order valence-electron chi connectivity index (χ0n) is 32.2. The fourth-order valence-electron chi connectivity index (χ4n) is 8.35. The number of nitrogens with zero attached hydrogens (tertiary/aromatic N) is 1. The van der Waals surface area contributed by atoms with Crippen LogP contribution in [0.3, 0.4) is 0 Å². The lowest BCUT2D eigenvalue weighted by Crippen LogP contribution is -2.64. The van der Waals surface area contributed by atoms with Gasteiger partial charge in [0.2, 0.25) is 11.8 Å². The lowest BCUT2D eigenvalue weighted by molar-refractivity contribution is -0.144. The monoisotopic (exact) mass is 775 g/mol. The number of benzene rings is 1. The second-order valence-corrected chi connectivity index (χ2v) is 22.7. The molecule has 3 saturated carbocycles. The van der Waals surface area contributed by atoms with Gasteiger partial charge in [0.25, 0.3) is 15.9 Å². The fourth-order valence-corrected chi connectivity index (χ4v) is 10.9. The SMILES string of the molecule is C=CC1C[C@]1(NC(=O)[C@@H]1[C@@H]2C(CN1C(=O)C(NC(=O)NC1(CS(=O)(=O)C(C)(C)C)CCCCC1)C(C)(C)C)C2(C)C)C(=O)NS(=O)(=O)c1ccccc1. The fraction of sp³-hybridized carbons (Fsp3) is 0.684. The van der Waals surface area contributed by atoms with Crippen molar-refractivity contribution in [3.63, 3.8) is 0 Å². The molecule has 4 N–H and O–H groups in total. The van der Waals surface area contributed by atoms with Crippen LogP contribution in [-0.4, -0.2) is 85.7 Å². The van der Waals surface area contributed by atoms with Crippen LogP contribution in [0.1, 0.15) is 93.9 Å². The number of piperidine rings is 1. The third-order valence-electron chi connectivity index (χ3n) is 12.1. The van der Waals surface area contributed by atoms with Crippen molar-refractivity contribution in [2.75, 3.05) is 12.3 Å². The molecule has 1 aromatic rings. The summed E-state index contributed by atoms with van der Waals surface area (Å²) in [5.41, 5.74) is -3.65. The molecule has 3 aliphatic carbocycles. The Bertz CT molecular complexity index is 1860. The molecule has 5 rings (SSSR count). The maximum atomic E-state index is 14.6. The third kappa shape index (κ3) is 7.88. The number of carbonyl (C=O) groups is 4. The van der Waals surface area contributed by atoms with Crippen LogP contribution in [0.4, 0.5) is 4.79 Å². The van der Waals surface area contributed by atoms with Gasteiger partial charge in [0.1, 0.15) is 17.6 Å². The van der Waals surface area contributed by atoms with Crippen molar-refractivity contribution in [2.45, 2.75) is 127 Å². The summed E-state index contributed by atoms with van der Waals surface area (Å²) in [5, 5.41) is 8.69. The third-order valence-corrected chi connectivity index (χ3v) is 16.2. The first-order chi connectivity index (χ1) is 24.3. The van der Waals surface area contributed by atoms with Gasteiger partial charge in [-0.2, -0.15) is 0 Å². The van der Waals surface area contributed by atoms with Crippen LogP contribution in [0.2, 0.25) is 0 Å². The molecule has 0 radical (unpaired) electrons. The molecular formula is C38H57N5O8S2. The van der Waals surface area contributed by atoms with Crippen LogP contribution >= 0.6 is 0 Å². The summed E-state index contributed by atoms with van der Waals surface area (Å²) in [6.45, 7) is 18.4. The van der Waals surface area contributed by atoms with Crippen LogP contribution < -0.4 is 20.7 Å². The molecule has 0 bridgehead atoms. The van der Waals surface area contributed by atoms with E-state index in [2.05, 4.69) is 27.3 Å². The molecule has 1 aromatic carbocycles. The van der Waals surface area contributed by atoms with Gasteiger partial charge in [0.05, 0.1) is 20.9 Å². The molecule has 4 aliphatic rings. The minimum absolute atomic E-state index is 0.0117. The van der Waals surface area contributed by atoms with Crippen LogP contribution in [0.15, 0.2) is 47.9 Å². The van der Waals surface area contributed by atoms with Crippen molar-refractivity contribution in [3.05, 3.63) is 43.0 Å². The molecule has 4 fully saturated rings. The van der Waals surface area contributed by atoms with E-state index in [0.29, 0.717) is 12.8 Å². The maximum Gasteiger partial charge on any atom is 0.315 e. The van der Waals surface area contributed by atoms with Crippen molar-refractivity contribution in [1.82, 2.24) is 25.6 Å². The lowest BCUT2D eigenvalue weighted by atomic mass is 9.83. The van der Waals surface area contributed by atoms with Crippen LogP contribution in [0.25, 0.3) is 0 Å². The molecule has 1 heterocycles. The number of sulfone groups is 1. The number of hydrogen-bond acceptors (Lipinski definition) is 8. The normalized spacial score (nSPS) is 28.1. The average Bonchev–Trinajstić information content (AvgIpc) is 3.81. The molecule has 3 unspecified atom stereocenters. The van der Waals surface area contributed by atoms with E-state index < -0.39 is 82.9 Å². The Hall–Kier alpha value is -3.46. The number of urea groups is 1. The molecule has 15 heteroatoms. The number of rotatable bonds is 11. The molecular weight excluding hydrogens is 719 g/mol. The zero-order chi connectivity index (χ0) is 39.6. The Morgan fingerprint density at radius 1 is 0.943 bits per heavy atom. The van der Waals surface area contributed by atoms with E-state index in [9.17, 15) is 36.0 Å². The second kappa shape index (κ2) is 13.7. The van der Waals surface area contributed by atoms with E-state index in [1.165, 1.54) is 35.2 Å². The van der Waals surface area contributed by atoms with Crippen LogP contribution in [0, 0.1) is 28.6 Å². The van der Waals surface area contributed by atoms with E-state index in [4.69, 9.17) is 0 Å².